The molecule has 2 unspecified atom stereocenters. The predicted molar refractivity (Wildman–Crippen MR) is 43.1 cm³/mol. The van der Waals surface area contributed by atoms with E-state index in [4.69, 9.17) is 5.11 Å². The zero-order valence-corrected chi connectivity index (χ0v) is 7.48. The highest BCUT2D eigenvalue weighted by molar-refractivity contribution is 5.82. The number of rotatable bonds is 5. The number of carbonyl (C=O) groups excluding carboxylic acids is 1. The molecule has 6 nitrogen and oxygen atoms in total. The van der Waals surface area contributed by atoms with Gasteiger partial charge in [-0.15, -0.1) is 0 Å². The van der Waals surface area contributed by atoms with Crippen molar-refractivity contribution in [1.82, 2.24) is 5.32 Å². The highest BCUT2D eigenvalue weighted by atomic mass is 16.5. The SMILES string of the molecule is COCC(O)C(NC(C)=O)C(=O)O. The minimum absolute atomic E-state index is 0.142. The molecule has 0 heterocycles. The van der Waals surface area contributed by atoms with Gasteiger partial charge in [-0.3, -0.25) is 4.79 Å². The van der Waals surface area contributed by atoms with Gasteiger partial charge in [-0.2, -0.15) is 0 Å². The first-order valence-electron chi connectivity index (χ1n) is 3.66. The van der Waals surface area contributed by atoms with Crippen molar-refractivity contribution in [3.8, 4) is 0 Å². The summed E-state index contributed by atoms with van der Waals surface area (Å²) in [5, 5.41) is 19.9. The van der Waals surface area contributed by atoms with Crippen LogP contribution in [0.15, 0.2) is 0 Å². The van der Waals surface area contributed by atoms with Gasteiger partial charge in [-0.1, -0.05) is 0 Å². The van der Waals surface area contributed by atoms with E-state index in [-0.39, 0.29) is 6.61 Å². The number of aliphatic carboxylic acids is 1. The van der Waals surface area contributed by atoms with Crippen LogP contribution in [0.1, 0.15) is 6.92 Å². The van der Waals surface area contributed by atoms with Gasteiger partial charge in [0.1, 0.15) is 6.10 Å². The molecule has 3 N–H and O–H groups in total. The lowest BCUT2D eigenvalue weighted by Gasteiger charge is -2.18. The van der Waals surface area contributed by atoms with E-state index < -0.39 is 24.0 Å². The van der Waals surface area contributed by atoms with Crippen molar-refractivity contribution < 1.29 is 24.5 Å². The fourth-order valence-electron chi connectivity index (χ4n) is 0.808. The summed E-state index contributed by atoms with van der Waals surface area (Å²) < 4.78 is 4.55. The Morgan fingerprint density at radius 2 is 2.08 bits per heavy atom. The Balaban J connectivity index is 4.23. The molecule has 0 aromatic heterocycles. The number of hydrogen-bond donors (Lipinski definition) is 3. The van der Waals surface area contributed by atoms with Crippen LogP contribution in [-0.2, 0) is 14.3 Å². The third kappa shape index (κ3) is 4.44. The van der Waals surface area contributed by atoms with Gasteiger partial charge in [0.25, 0.3) is 0 Å². The van der Waals surface area contributed by atoms with E-state index in [0.29, 0.717) is 0 Å². The van der Waals surface area contributed by atoms with Crippen molar-refractivity contribution in [1.29, 1.82) is 0 Å². The third-order valence-corrected chi connectivity index (χ3v) is 1.35. The Morgan fingerprint density at radius 1 is 1.54 bits per heavy atom. The van der Waals surface area contributed by atoms with E-state index >= 15 is 0 Å². The van der Waals surface area contributed by atoms with Gasteiger partial charge in [0.05, 0.1) is 6.61 Å². The quantitative estimate of drug-likeness (QED) is 0.495. The van der Waals surface area contributed by atoms with Crippen molar-refractivity contribution in [2.24, 2.45) is 0 Å². The summed E-state index contributed by atoms with van der Waals surface area (Å²) in [6.07, 6.45) is -1.24. The summed E-state index contributed by atoms with van der Waals surface area (Å²) in [6, 6.07) is -1.32. The van der Waals surface area contributed by atoms with Crippen molar-refractivity contribution >= 4 is 11.9 Å². The van der Waals surface area contributed by atoms with Crippen LogP contribution in [0.4, 0.5) is 0 Å². The van der Waals surface area contributed by atoms with Gasteiger partial charge >= 0.3 is 5.97 Å². The molecule has 0 spiro atoms. The van der Waals surface area contributed by atoms with E-state index in [0.717, 1.165) is 0 Å². The molecule has 0 aliphatic heterocycles. The Bertz CT molecular complexity index is 193. The molecule has 0 fully saturated rings. The molecule has 0 radical (unpaired) electrons. The average molecular weight is 191 g/mol. The van der Waals surface area contributed by atoms with Crippen LogP contribution in [0.25, 0.3) is 0 Å². The Hall–Kier alpha value is -1.14. The van der Waals surface area contributed by atoms with E-state index in [1.54, 1.807) is 0 Å². The molecule has 0 aromatic rings. The fourth-order valence-corrected chi connectivity index (χ4v) is 0.808. The van der Waals surface area contributed by atoms with Gasteiger partial charge in [-0.25, -0.2) is 4.79 Å². The van der Waals surface area contributed by atoms with Gasteiger partial charge in [0.15, 0.2) is 6.04 Å². The lowest BCUT2D eigenvalue weighted by Crippen LogP contribution is -2.49. The molecule has 0 aliphatic rings. The number of nitrogens with one attached hydrogen (secondary N) is 1. The van der Waals surface area contributed by atoms with Crippen LogP contribution in [0, 0.1) is 0 Å². The molecule has 0 saturated heterocycles. The predicted octanol–water partition coefficient (Wildman–Crippen LogP) is -1.42. The van der Waals surface area contributed by atoms with Crippen LogP contribution in [-0.4, -0.2) is 48.0 Å². The summed E-state index contributed by atoms with van der Waals surface area (Å²) in [7, 11) is 1.33. The number of aliphatic hydroxyl groups excluding tert-OH is 1. The monoisotopic (exact) mass is 191 g/mol. The maximum atomic E-state index is 10.5. The lowest BCUT2D eigenvalue weighted by atomic mass is 10.1. The van der Waals surface area contributed by atoms with E-state index in [9.17, 15) is 14.7 Å². The van der Waals surface area contributed by atoms with E-state index in [1.165, 1.54) is 14.0 Å². The van der Waals surface area contributed by atoms with Gasteiger partial charge in [0.2, 0.25) is 5.91 Å². The van der Waals surface area contributed by atoms with Crippen LogP contribution < -0.4 is 5.32 Å². The van der Waals surface area contributed by atoms with E-state index in [1.807, 2.05) is 0 Å². The number of hydrogen-bond acceptors (Lipinski definition) is 4. The van der Waals surface area contributed by atoms with Crippen LogP contribution in [0.2, 0.25) is 0 Å². The minimum atomic E-state index is -1.32. The first kappa shape index (κ1) is 11.9. The highest BCUT2D eigenvalue weighted by Crippen LogP contribution is 1.95. The minimum Gasteiger partial charge on any atom is -0.480 e. The van der Waals surface area contributed by atoms with Gasteiger partial charge in [0, 0.05) is 14.0 Å². The zero-order chi connectivity index (χ0) is 10.4. The second-order valence-electron chi connectivity index (χ2n) is 2.54. The van der Waals surface area contributed by atoms with Crippen molar-refractivity contribution in [2.75, 3.05) is 13.7 Å². The number of carboxylic acids is 1. The summed E-state index contributed by atoms with van der Waals surface area (Å²) in [4.78, 5) is 21.1. The molecule has 0 aromatic carbocycles. The van der Waals surface area contributed by atoms with Crippen LogP contribution in [0.3, 0.4) is 0 Å². The summed E-state index contributed by atoms with van der Waals surface area (Å²) in [5.41, 5.74) is 0. The number of carbonyl (C=O) groups is 2. The molecule has 0 rings (SSSR count). The number of methoxy groups -OCH3 is 1. The summed E-state index contributed by atoms with van der Waals surface area (Å²) in [6.45, 7) is 1.03. The lowest BCUT2D eigenvalue weighted by molar-refractivity contribution is -0.145. The number of ether oxygens (including phenoxy) is 1. The maximum absolute atomic E-state index is 10.5. The molecule has 13 heavy (non-hydrogen) atoms. The van der Waals surface area contributed by atoms with Crippen molar-refractivity contribution in [3.05, 3.63) is 0 Å². The van der Waals surface area contributed by atoms with Gasteiger partial charge < -0.3 is 20.3 Å². The van der Waals surface area contributed by atoms with Crippen molar-refractivity contribution in [2.45, 2.75) is 19.1 Å². The first-order chi connectivity index (χ1) is 5.99. The summed E-state index contributed by atoms with van der Waals surface area (Å²) in [5.74, 6) is -1.80. The highest BCUT2D eigenvalue weighted by Gasteiger charge is 2.26. The molecular formula is C7H13NO5. The molecular weight excluding hydrogens is 178 g/mol. The number of aliphatic hydroxyl groups is 1. The number of carboxylic acid groups (broad SMARTS) is 1. The summed E-state index contributed by atoms with van der Waals surface area (Å²) >= 11 is 0. The Labute approximate surface area is 75.5 Å². The molecule has 2 atom stereocenters. The zero-order valence-electron chi connectivity index (χ0n) is 7.48. The topological polar surface area (TPSA) is 95.9 Å². The molecule has 0 bridgehead atoms. The standard InChI is InChI=1S/C7H13NO5/c1-4(9)8-6(7(11)12)5(10)3-13-2/h5-6,10H,3H2,1-2H3,(H,8,9)(H,11,12). The Kier molecular flexibility index (Phi) is 5.01. The molecule has 0 saturated carbocycles. The molecule has 1 amide bonds. The first-order valence-corrected chi connectivity index (χ1v) is 3.66. The normalized spacial score (nSPS) is 14.7. The second kappa shape index (κ2) is 5.50. The Morgan fingerprint density at radius 3 is 2.38 bits per heavy atom. The average Bonchev–Trinajstić information content (AvgIpc) is 1.99. The molecule has 0 aliphatic carbocycles. The van der Waals surface area contributed by atoms with E-state index in [2.05, 4.69) is 10.1 Å². The third-order valence-electron chi connectivity index (χ3n) is 1.35. The van der Waals surface area contributed by atoms with Crippen molar-refractivity contribution in [3.63, 3.8) is 0 Å². The maximum Gasteiger partial charge on any atom is 0.329 e. The molecule has 76 valence electrons. The smallest absolute Gasteiger partial charge is 0.329 e. The fraction of sp³-hybridized carbons (Fsp3) is 0.714. The second-order valence-corrected chi connectivity index (χ2v) is 2.54. The van der Waals surface area contributed by atoms with Crippen LogP contribution >= 0.6 is 0 Å². The van der Waals surface area contributed by atoms with Gasteiger partial charge in [-0.05, 0) is 0 Å². The number of amides is 1. The largest absolute Gasteiger partial charge is 0.480 e. The van der Waals surface area contributed by atoms with Crippen LogP contribution in [0.5, 0.6) is 0 Å². The molecule has 6 heteroatoms.